The molecular formula is C35H43N5O5. The molecule has 10 nitrogen and oxygen atoms in total. The number of rotatable bonds is 12. The van der Waals surface area contributed by atoms with Crippen molar-refractivity contribution < 1.29 is 23.8 Å². The minimum Gasteiger partial charge on any atom is -0.493 e. The maximum absolute atomic E-state index is 14.7. The van der Waals surface area contributed by atoms with E-state index in [9.17, 15) is 9.59 Å². The van der Waals surface area contributed by atoms with Gasteiger partial charge in [-0.05, 0) is 68.5 Å². The predicted molar refractivity (Wildman–Crippen MR) is 173 cm³/mol. The van der Waals surface area contributed by atoms with E-state index in [0.29, 0.717) is 41.3 Å². The Labute approximate surface area is 264 Å². The number of hydrogen-bond acceptors (Lipinski definition) is 7. The van der Waals surface area contributed by atoms with Crippen LogP contribution in [0.2, 0.25) is 0 Å². The highest BCUT2D eigenvalue weighted by Crippen LogP contribution is 2.41. The molecule has 1 saturated carbocycles. The fourth-order valence-corrected chi connectivity index (χ4v) is 6.26. The molecule has 4 aromatic rings. The Kier molecular flexibility index (Phi) is 10.2. The van der Waals surface area contributed by atoms with Crippen LogP contribution in [0.3, 0.4) is 0 Å². The van der Waals surface area contributed by atoms with E-state index in [-0.39, 0.29) is 17.9 Å². The lowest BCUT2D eigenvalue weighted by Gasteiger charge is -2.35. The second-order valence-corrected chi connectivity index (χ2v) is 11.7. The Balaban J connectivity index is 1.61. The van der Waals surface area contributed by atoms with Crippen molar-refractivity contribution in [1.29, 1.82) is 0 Å². The summed E-state index contributed by atoms with van der Waals surface area (Å²) in [6.45, 7) is 4.13. The summed E-state index contributed by atoms with van der Waals surface area (Å²) >= 11 is 0. The van der Waals surface area contributed by atoms with Gasteiger partial charge in [0, 0.05) is 12.6 Å². The van der Waals surface area contributed by atoms with Gasteiger partial charge >= 0.3 is 0 Å². The molecule has 1 aliphatic carbocycles. The fourth-order valence-electron chi connectivity index (χ4n) is 6.26. The number of para-hydroxylation sites is 1. The topological polar surface area (TPSA) is 108 Å². The van der Waals surface area contributed by atoms with Crippen LogP contribution >= 0.6 is 0 Å². The minimum atomic E-state index is -0.977. The molecule has 1 aromatic heterocycles. The highest BCUT2D eigenvalue weighted by molar-refractivity contribution is 5.91. The lowest BCUT2D eigenvalue weighted by atomic mass is 9.94. The van der Waals surface area contributed by atoms with Gasteiger partial charge in [0.15, 0.2) is 11.5 Å². The lowest BCUT2D eigenvalue weighted by molar-refractivity contribution is -0.143. The van der Waals surface area contributed by atoms with Crippen molar-refractivity contribution in [2.24, 2.45) is 0 Å². The molecule has 0 saturated heterocycles. The summed E-state index contributed by atoms with van der Waals surface area (Å²) in [5.41, 5.74) is 4.20. The molecule has 1 fully saturated rings. The highest BCUT2D eigenvalue weighted by atomic mass is 16.5. The Hall–Kier alpha value is -4.60. The number of hydrogen-bond donors (Lipinski definition) is 1. The van der Waals surface area contributed by atoms with Gasteiger partial charge in [0.2, 0.25) is 17.6 Å². The first-order chi connectivity index (χ1) is 21.8. The van der Waals surface area contributed by atoms with E-state index in [1.54, 1.807) is 28.6 Å². The zero-order valence-corrected chi connectivity index (χ0v) is 26.8. The molecule has 3 aromatic carbocycles. The molecule has 0 radical (unpaired) electrons. The largest absolute Gasteiger partial charge is 0.493 e. The van der Waals surface area contributed by atoms with Crippen molar-refractivity contribution in [2.75, 3.05) is 27.9 Å². The molecule has 2 atom stereocenters. The Morgan fingerprint density at radius 1 is 0.956 bits per heavy atom. The van der Waals surface area contributed by atoms with E-state index in [1.165, 1.54) is 21.3 Å². The number of nitrogens with zero attached hydrogens (tertiary/aromatic N) is 4. The molecule has 0 unspecified atom stereocenters. The second-order valence-electron chi connectivity index (χ2n) is 11.7. The number of aromatic nitrogens is 3. The van der Waals surface area contributed by atoms with Gasteiger partial charge < -0.3 is 24.4 Å². The Bertz CT molecular complexity index is 1600. The SMILES string of the molecule is COc1cc([C@H](C(=O)NC2CCCCC2)N(CCc2cccc(C)c2)C(=O)[C@H](C)n2nnc3ccccc32)cc(OC)c1OC. The quantitative estimate of drug-likeness (QED) is 0.222. The number of carbonyl (C=O) groups excluding carboxylic acids is 2. The van der Waals surface area contributed by atoms with Gasteiger partial charge in [0.05, 0.1) is 26.8 Å². The van der Waals surface area contributed by atoms with E-state index in [2.05, 4.69) is 21.7 Å². The summed E-state index contributed by atoms with van der Waals surface area (Å²) in [5.74, 6) is 0.725. The summed E-state index contributed by atoms with van der Waals surface area (Å²) in [5, 5.41) is 11.9. The predicted octanol–water partition coefficient (Wildman–Crippen LogP) is 5.59. The third kappa shape index (κ3) is 7.05. The molecule has 1 aliphatic rings. The van der Waals surface area contributed by atoms with Gasteiger partial charge in [-0.2, -0.15) is 0 Å². The van der Waals surface area contributed by atoms with E-state index < -0.39 is 12.1 Å². The van der Waals surface area contributed by atoms with Crippen molar-refractivity contribution in [3.63, 3.8) is 0 Å². The normalized spacial score (nSPS) is 14.9. The first kappa shape index (κ1) is 31.8. The maximum atomic E-state index is 14.7. The third-order valence-electron chi connectivity index (χ3n) is 8.62. The average molecular weight is 614 g/mol. The summed E-state index contributed by atoms with van der Waals surface area (Å²) in [6.07, 6.45) is 5.65. The monoisotopic (exact) mass is 613 g/mol. The van der Waals surface area contributed by atoms with Gasteiger partial charge in [-0.1, -0.05) is 66.4 Å². The number of aryl methyl sites for hydroxylation is 1. The number of carbonyl (C=O) groups is 2. The molecule has 0 spiro atoms. The number of nitrogens with one attached hydrogen (secondary N) is 1. The van der Waals surface area contributed by atoms with Crippen molar-refractivity contribution in [3.8, 4) is 17.2 Å². The molecule has 1 heterocycles. The standard InChI is InChI=1S/C35H43N5O5/c1-23-12-11-13-25(20-23)18-19-39(35(42)24(2)40-29-17-10-9-16-28(29)37-38-40)32(34(41)36-27-14-7-6-8-15-27)26-21-30(43-3)33(45-5)31(22-26)44-4/h9-13,16-17,20-22,24,27,32H,6-8,14-15,18-19H2,1-5H3,(H,36,41)/t24-,32+/m0/s1. The highest BCUT2D eigenvalue weighted by Gasteiger charge is 2.37. The van der Waals surface area contributed by atoms with Crippen molar-refractivity contribution in [1.82, 2.24) is 25.2 Å². The summed E-state index contributed by atoms with van der Waals surface area (Å²) in [6, 6.07) is 17.6. The van der Waals surface area contributed by atoms with E-state index in [4.69, 9.17) is 14.2 Å². The summed E-state index contributed by atoms with van der Waals surface area (Å²) in [7, 11) is 4.61. The number of amides is 2. The molecule has 0 bridgehead atoms. The van der Waals surface area contributed by atoms with Crippen LogP contribution in [0.1, 0.15) is 67.8 Å². The number of methoxy groups -OCH3 is 3. The molecule has 238 valence electrons. The number of ether oxygens (including phenoxy) is 3. The molecule has 5 rings (SSSR count). The van der Waals surface area contributed by atoms with Crippen LogP contribution in [0.5, 0.6) is 17.2 Å². The molecule has 0 aliphatic heterocycles. The maximum Gasteiger partial charge on any atom is 0.248 e. The van der Waals surface area contributed by atoms with Crippen LogP contribution in [-0.4, -0.2) is 65.6 Å². The minimum absolute atomic E-state index is 0.0428. The summed E-state index contributed by atoms with van der Waals surface area (Å²) < 4.78 is 18.6. The number of fused-ring (bicyclic) bond motifs is 1. The molecule has 1 N–H and O–H groups in total. The number of benzene rings is 3. The van der Waals surface area contributed by atoms with Crippen molar-refractivity contribution in [3.05, 3.63) is 77.4 Å². The Morgan fingerprint density at radius 2 is 1.67 bits per heavy atom. The van der Waals surface area contributed by atoms with Gasteiger partial charge in [0.1, 0.15) is 17.6 Å². The van der Waals surface area contributed by atoms with E-state index >= 15 is 0 Å². The van der Waals surface area contributed by atoms with Gasteiger partial charge in [-0.25, -0.2) is 4.68 Å². The zero-order chi connectivity index (χ0) is 31.9. The van der Waals surface area contributed by atoms with Gasteiger partial charge in [-0.15, -0.1) is 5.10 Å². The van der Waals surface area contributed by atoms with Crippen LogP contribution in [0.25, 0.3) is 11.0 Å². The lowest BCUT2D eigenvalue weighted by Crippen LogP contribution is -2.49. The zero-order valence-electron chi connectivity index (χ0n) is 26.8. The van der Waals surface area contributed by atoms with Crippen LogP contribution in [0, 0.1) is 6.92 Å². The molecule has 2 amide bonds. The van der Waals surface area contributed by atoms with E-state index in [0.717, 1.165) is 48.7 Å². The second kappa shape index (κ2) is 14.5. The van der Waals surface area contributed by atoms with Gasteiger partial charge in [0.25, 0.3) is 0 Å². The molecule has 10 heteroatoms. The average Bonchev–Trinajstić information content (AvgIpc) is 3.50. The third-order valence-corrected chi connectivity index (χ3v) is 8.62. The van der Waals surface area contributed by atoms with E-state index in [1.807, 2.05) is 49.4 Å². The van der Waals surface area contributed by atoms with Crippen LogP contribution in [-0.2, 0) is 16.0 Å². The smallest absolute Gasteiger partial charge is 0.248 e. The first-order valence-electron chi connectivity index (χ1n) is 15.6. The molecular weight excluding hydrogens is 570 g/mol. The Morgan fingerprint density at radius 3 is 2.33 bits per heavy atom. The van der Waals surface area contributed by atoms with Crippen LogP contribution in [0.15, 0.2) is 60.7 Å². The fraction of sp³-hybridized carbons (Fsp3) is 0.429. The first-order valence-corrected chi connectivity index (χ1v) is 15.6. The molecule has 45 heavy (non-hydrogen) atoms. The van der Waals surface area contributed by atoms with Gasteiger partial charge in [-0.3, -0.25) is 9.59 Å². The van der Waals surface area contributed by atoms with Crippen molar-refractivity contribution >= 4 is 22.8 Å². The summed E-state index contributed by atoms with van der Waals surface area (Å²) in [4.78, 5) is 30.8. The van der Waals surface area contributed by atoms with Crippen LogP contribution in [0.4, 0.5) is 0 Å². The van der Waals surface area contributed by atoms with Crippen molar-refractivity contribution in [2.45, 2.75) is 70.5 Å². The van der Waals surface area contributed by atoms with Crippen LogP contribution < -0.4 is 19.5 Å².